The average Bonchev–Trinajstić information content (AvgIpc) is 3.36. The number of rotatable bonds is 60. The summed E-state index contributed by atoms with van der Waals surface area (Å²) in [4.78, 5) is 0. The van der Waals surface area contributed by atoms with Crippen LogP contribution >= 0.6 is 0 Å². The highest BCUT2D eigenvalue weighted by atomic mass is 16.8. The van der Waals surface area contributed by atoms with E-state index >= 15 is 0 Å². The van der Waals surface area contributed by atoms with Gasteiger partial charge in [0.15, 0.2) is 25.2 Å². The van der Waals surface area contributed by atoms with Gasteiger partial charge in [-0.15, -0.1) is 0 Å². The Kier molecular flexibility index (Phi) is 59.1. The first-order valence-electron chi connectivity index (χ1n) is 30.8. The fourth-order valence-electron chi connectivity index (χ4n) is 8.60. The molecule has 0 saturated heterocycles. The molecule has 2 atom stereocenters. The minimum atomic E-state index is -0.384. The van der Waals surface area contributed by atoms with Gasteiger partial charge in [0.2, 0.25) is 0 Å². The predicted molar refractivity (Wildman–Crippen MR) is 298 cm³/mol. The second kappa shape index (κ2) is 59.8. The molecule has 0 radical (unpaired) electrons. The molecule has 412 valence electrons. The summed E-state index contributed by atoms with van der Waals surface area (Å²) in [5.74, 6) is 0. The molecule has 0 aliphatic heterocycles. The van der Waals surface area contributed by atoms with E-state index in [1.54, 1.807) is 0 Å². The van der Waals surface area contributed by atoms with Crippen LogP contribution in [0.5, 0.6) is 0 Å². The van der Waals surface area contributed by atoms with E-state index in [1.807, 2.05) is 0 Å². The Morgan fingerprint density at radius 2 is 0.478 bits per heavy atom. The summed E-state index contributed by atoms with van der Waals surface area (Å²) in [7, 11) is 0. The Morgan fingerprint density at radius 3 is 0.797 bits per heavy atom. The molecule has 0 amide bonds. The van der Waals surface area contributed by atoms with Crippen molar-refractivity contribution in [2.45, 2.75) is 336 Å². The van der Waals surface area contributed by atoms with Crippen LogP contribution < -0.4 is 0 Å². The first-order valence-corrected chi connectivity index (χ1v) is 30.8. The van der Waals surface area contributed by atoms with Gasteiger partial charge in [-0.1, -0.05) is 233 Å². The molecule has 0 N–H and O–H groups in total. The second-order valence-corrected chi connectivity index (χ2v) is 20.3. The lowest BCUT2D eigenvalue weighted by molar-refractivity contribution is -0.208. The highest BCUT2D eigenvalue weighted by Crippen LogP contribution is 2.18. The van der Waals surface area contributed by atoms with Gasteiger partial charge in [0.05, 0.1) is 13.2 Å². The van der Waals surface area contributed by atoms with E-state index < -0.39 is 0 Å². The summed E-state index contributed by atoms with van der Waals surface area (Å²) in [6, 6.07) is 0. The summed E-state index contributed by atoms with van der Waals surface area (Å²) in [5.41, 5.74) is 0. The number of ether oxygens (including phenoxy) is 7. The van der Waals surface area contributed by atoms with Gasteiger partial charge in [-0.3, -0.25) is 0 Å². The second-order valence-electron chi connectivity index (χ2n) is 20.3. The van der Waals surface area contributed by atoms with Crippen molar-refractivity contribution in [3.05, 3.63) is 24.3 Å². The van der Waals surface area contributed by atoms with Crippen molar-refractivity contribution >= 4 is 0 Å². The molecule has 0 aromatic carbocycles. The number of allylic oxidation sites excluding steroid dienone is 2. The number of hydrogen-bond acceptors (Lipinski definition) is 7. The highest BCUT2D eigenvalue weighted by Gasteiger charge is 2.15. The van der Waals surface area contributed by atoms with Crippen LogP contribution in [0.3, 0.4) is 0 Å². The van der Waals surface area contributed by atoms with Gasteiger partial charge in [-0.05, 0) is 102 Å². The maximum Gasteiger partial charge on any atom is 0.180 e. The van der Waals surface area contributed by atoms with Crippen molar-refractivity contribution in [3.63, 3.8) is 0 Å². The lowest BCUT2D eigenvalue weighted by Gasteiger charge is -2.22. The molecule has 7 heteroatoms. The molecule has 0 aliphatic carbocycles. The van der Waals surface area contributed by atoms with Gasteiger partial charge in [0.25, 0.3) is 0 Å². The molecule has 0 aromatic rings. The van der Waals surface area contributed by atoms with E-state index in [2.05, 4.69) is 65.8 Å². The molecule has 7 nitrogen and oxygen atoms in total. The van der Waals surface area contributed by atoms with Gasteiger partial charge in [0.1, 0.15) is 0 Å². The zero-order valence-electron chi connectivity index (χ0n) is 47.4. The molecule has 0 fully saturated rings. The first-order chi connectivity index (χ1) is 34.1. The zero-order chi connectivity index (χ0) is 50.0. The molecule has 69 heavy (non-hydrogen) atoms. The fraction of sp³-hybridized carbons (Fsp3) is 0.935. The number of hydrogen-bond donors (Lipinski definition) is 0. The van der Waals surface area contributed by atoms with Crippen molar-refractivity contribution in [1.29, 1.82) is 0 Å². The van der Waals surface area contributed by atoms with Crippen LogP contribution in [-0.2, 0) is 33.2 Å². The Labute approximate surface area is 431 Å². The lowest BCUT2D eigenvalue weighted by atomic mass is 10.1. The van der Waals surface area contributed by atoms with Crippen molar-refractivity contribution in [2.24, 2.45) is 0 Å². The van der Waals surface area contributed by atoms with E-state index in [9.17, 15) is 0 Å². The Morgan fingerprint density at radius 1 is 0.246 bits per heavy atom. The van der Waals surface area contributed by atoms with Crippen LogP contribution in [0.1, 0.15) is 311 Å². The van der Waals surface area contributed by atoms with E-state index in [1.165, 1.54) is 205 Å². The average molecular weight is 980 g/mol. The third kappa shape index (κ3) is 53.3. The third-order valence-electron chi connectivity index (χ3n) is 13.2. The van der Waals surface area contributed by atoms with Crippen molar-refractivity contribution in [3.8, 4) is 0 Å². The maximum atomic E-state index is 6.62. The van der Waals surface area contributed by atoms with E-state index in [4.69, 9.17) is 33.2 Å². The molecule has 0 saturated carbocycles. The topological polar surface area (TPSA) is 64.6 Å². The van der Waals surface area contributed by atoms with Gasteiger partial charge in [-0.25, -0.2) is 0 Å². The molecule has 0 spiro atoms. The van der Waals surface area contributed by atoms with E-state index in [0.717, 1.165) is 104 Å². The summed E-state index contributed by atoms with van der Waals surface area (Å²) < 4.78 is 44.0. The Hall–Kier alpha value is -0.800. The van der Waals surface area contributed by atoms with Crippen LogP contribution in [0.25, 0.3) is 0 Å². The first kappa shape index (κ1) is 68.2. The summed E-state index contributed by atoms with van der Waals surface area (Å²) >= 11 is 0. The predicted octanol–water partition coefficient (Wildman–Crippen LogP) is 20.0. The molecule has 0 heterocycles. The Balaban J connectivity index is 4.95. The van der Waals surface area contributed by atoms with Gasteiger partial charge in [0, 0.05) is 26.4 Å². The van der Waals surface area contributed by atoms with Crippen molar-refractivity contribution in [2.75, 3.05) is 39.6 Å². The van der Waals surface area contributed by atoms with Crippen LogP contribution in [0.15, 0.2) is 24.3 Å². The highest BCUT2D eigenvalue weighted by molar-refractivity contribution is 4.90. The largest absolute Gasteiger partial charge is 0.353 e. The van der Waals surface area contributed by atoms with Crippen LogP contribution in [0.4, 0.5) is 0 Å². The van der Waals surface area contributed by atoms with Crippen molar-refractivity contribution < 1.29 is 33.2 Å². The fourth-order valence-corrected chi connectivity index (χ4v) is 8.60. The van der Waals surface area contributed by atoms with Gasteiger partial charge < -0.3 is 33.2 Å². The van der Waals surface area contributed by atoms with Crippen molar-refractivity contribution in [1.82, 2.24) is 0 Å². The minimum Gasteiger partial charge on any atom is -0.353 e. The molecule has 0 aromatic heterocycles. The minimum absolute atomic E-state index is 0.0156. The van der Waals surface area contributed by atoms with Crippen LogP contribution in [-0.4, -0.2) is 64.8 Å². The molecular weight excluding hydrogens is 857 g/mol. The summed E-state index contributed by atoms with van der Waals surface area (Å²) in [6.07, 6.45) is 59.5. The van der Waals surface area contributed by atoms with E-state index in [0.29, 0.717) is 0 Å². The maximum absolute atomic E-state index is 6.62. The quantitative estimate of drug-likeness (QED) is 0.0342. The standard InChI is InChI=1S/C62H122O7/c1-7-13-19-21-37-47-57-67-61(51-41-35-31-27-23-25-29-33-39-49-59(63-53-43-15-9-3)64-54-44-16-10-4)69-62(68-58-48-38-22-20-14-8-2)52-42-36-32-28-24-26-30-34-40-50-60(65-55-45-17-11-5)66-56-46-18-12-6/h41-42,51-52,59-62H,7-40,43-50,53-58H2,1-6H3. The zero-order valence-corrected chi connectivity index (χ0v) is 47.4. The van der Waals surface area contributed by atoms with E-state index in [-0.39, 0.29) is 25.2 Å². The van der Waals surface area contributed by atoms with Gasteiger partial charge >= 0.3 is 0 Å². The third-order valence-corrected chi connectivity index (χ3v) is 13.2. The molecule has 0 aliphatic rings. The van der Waals surface area contributed by atoms with Crippen LogP contribution in [0.2, 0.25) is 0 Å². The smallest absolute Gasteiger partial charge is 0.180 e. The molecular formula is C62H122O7. The van der Waals surface area contributed by atoms with Gasteiger partial charge in [-0.2, -0.15) is 0 Å². The summed E-state index contributed by atoms with van der Waals surface area (Å²) in [5, 5.41) is 0. The monoisotopic (exact) mass is 979 g/mol. The summed E-state index contributed by atoms with van der Waals surface area (Å²) in [6.45, 7) is 18.3. The lowest BCUT2D eigenvalue weighted by Crippen LogP contribution is -2.25. The molecule has 0 rings (SSSR count). The Bertz CT molecular complexity index is 890. The molecule has 0 bridgehead atoms. The molecule has 2 unspecified atom stereocenters. The van der Waals surface area contributed by atoms with Crippen LogP contribution in [0, 0.1) is 0 Å². The normalized spacial score (nSPS) is 13.1. The SMILES string of the molecule is CCCCCCCCOC(C=CCCCCCCCCCC(OCCCCC)OCCCCC)OC(C=CCCCCCCCCCC(OCCCCC)OCCCCC)OCCCCCCCC. The number of unbranched alkanes of at least 4 members (excludes halogenated alkanes) is 32.